The molecule has 12 N–H and O–H groups in total. The zero-order valence-electron chi connectivity index (χ0n) is 18.5. The zero-order chi connectivity index (χ0) is 21.3. The fraction of sp³-hybridized carbons (Fsp3) is 1.00. The van der Waals surface area contributed by atoms with Crippen LogP contribution in [0.15, 0.2) is 0 Å². The Morgan fingerprint density at radius 1 is 0.286 bits per heavy atom. The first kappa shape index (κ1) is 29.9. The molecule has 0 aromatic rings. The Balaban J connectivity index is 0. The first-order valence-corrected chi connectivity index (χ1v) is 11.3. The van der Waals surface area contributed by atoms with Gasteiger partial charge in [0.1, 0.15) is 0 Å². The Hall–Kier alpha value is -0.320. The lowest BCUT2D eigenvalue weighted by Crippen LogP contribution is -2.32. The Kier molecular flexibility index (Phi) is 28.5. The number of nitrogens with two attached hydrogens (primary N) is 6. The molecule has 0 amide bonds. The Morgan fingerprint density at radius 3 is 0.714 bits per heavy atom. The van der Waals surface area contributed by atoms with Gasteiger partial charge in [0.2, 0.25) is 0 Å². The summed E-state index contributed by atoms with van der Waals surface area (Å²) in [6.45, 7) is 11.3. The number of nitrogens with zero attached hydrogens (tertiary/aromatic N) is 2. The van der Waals surface area contributed by atoms with E-state index in [9.17, 15) is 0 Å². The predicted molar refractivity (Wildman–Crippen MR) is 124 cm³/mol. The van der Waals surface area contributed by atoms with Gasteiger partial charge in [0.05, 0.1) is 0 Å². The Morgan fingerprint density at radius 2 is 0.500 bits per heavy atom. The lowest BCUT2D eigenvalue weighted by Gasteiger charge is -2.24. The average Bonchev–Trinajstić information content (AvgIpc) is 2.72. The van der Waals surface area contributed by atoms with E-state index in [0.29, 0.717) is 0 Å². The van der Waals surface area contributed by atoms with Crippen molar-refractivity contribution in [1.29, 1.82) is 0 Å². The fourth-order valence-corrected chi connectivity index (χ4v) is 2.89. The highest BCUT2D eigenvalue weighted by molar-refractivity contribution is 4.63. The minimum Gasteiger partial charge on any atom is -0.330 e. The molecule has 0 spiro atoms. The van der Waals surface area contributed by atoms with Crippen LogP contribution in [0.4, 0.5) is 0 Å². The zero-order valence-corrected chi connectivity index (χ0v) is 18.5. The molecule has 28 heavy (non-hydrogen) atoms. The molecular formula is C20H52N8. The normalized spacial score (nSPS) is 11.1. The van der Waals surface area contributed by atoms with Crippen molar-refractivity contribution in [3.05, 3.63) is 0 Å². The van der Waals surface area contributed by atoms with E-state index in [0.717, 1.165) is 117 Å². The summed E-state index contributed by atoms with van der Waals surface area (Å²) in [5.74, 6) is 0. The standard InChI is InChI=1S/C16H40N6.C4H12N2/c17-7-3-13-21(14-4-8-18)11-1-2-12-22(15-5-9-19)16-6-10-20;5-3-1-2-4-6/h1-20H2;1-6H2. The number of hydrogen-bond acceptors (Lipinski definition) is 8. The highest BCUT2D eigenvalue weighted by Gasteiger charge is 2.06. The van der Waals surface area contributed by atoms with E-state index >= 15 is 0 Å². The van der Waals surface area contributed by atoms with Gasteiger partial charge < -0.3 is 44.2 Å². The van der Waals surface area contributed by atoms with Crippen molar-refractivity contribution >= 4 is 0 Å². The van der Waals surface area contributed by atoms with Crippen molar-refractivity contribution in [2.24, 2.45) is 34.4 Å². The molecule has 0 rings (SSSR count). The molecule has 0 heterocycles. The van der Waals surface area contributed by atoms with Gasteiger partial charge in [-0.3, -0.25) is 0 Å². The molecule has 8 heteroatoms. The molecule has 0 radical (unpaired) electrons. The Bertz CT molecular complexity index is 227. The lowest BCUT2D eigenvalue weighted by molar-refractivity contribution is 0.237. The second-order valence-corrected chi connectivity index (χ2v) is 7.24. The largest absolute Gasteiger partial charge is 0.330 e. The molecule has 0 aromatic heterocycles. The average molecular weight is 405 g/mol. The third kappa shape index (κ3) is 23.7. The van der Waals surface area contributed by atoms with E-state index < -0.39 is 0 Å². The van der Waals surface area contributed by atoms with E-state index in [2.05, 4.69) is 9.80 Å². The minimum atomic E-state index is 0.769. The van der Waals surface area contributed by atoms with Crippen molar-refractivity contribution in [2.75, 3.05) is 78.5 Å². The van der Waals surface area contributed by atoms with Gasteiger partial charge >= 0.3 is 0 Å². The maximum atomic E-state index is 5.61. The second-order valence-electron chi connectivity index (χ2n) is 7.24. The first-order chi connectivity index (χ1) is 13.7. The van der Waals surface area contributed by atoms with Crippen LogP contribution < -0.4 is 34.4 Å². The molecule has 0 aliphatic heterocycles. The number of unbranched alkanes of at least 4 members (excludes halogenated alkanes) is 2. The summed E-state index contributed by atoms with van der Waals surface area (Å²) < 4.78 is 0. The summed E-state index contributed by atoms with van der Waals surface area (Å²) in [7, 11) is 0. The number of rotatable bonds is 20. The van der Waals surface area contributed by atoms with E-state index in [1.165, 1.54) is 12.8 Å². The molecule has 0 aliphatic rings. The predicted octanol–water partition coefficient (Wildman–Crippen LogP) is -0.550. The summed E-state index contributed by atoms with van der Waals surface area (Å²) in [6, 6.07) is 0. The molecular weight excluding hydrogens is 352 g/mol. The molecule has 0 aromatic carbocycles. The summed E-state index contributed by atoms with van der Waals surface area (Å²) in [5, 5.41) is 0. The van der Waals surface area contributed by atoms with Crippen LogP contribution in [0.1, 0.15) is 51.4 Å². The van der Waals surface area contributed by atoms with Crippen molar-refractivity contribution in [1.82, 2.24) is 9.80 Å². The van der Waals surface area contributed by atoms with Crippen molar-refractivity contribution < 1.29 is 0 Å². The van der Waals surface area contributed by atoms with Gasteiger partial charge in [0.15, 0.2) is 0 Å². The Labute approximate surface area is 174 Å². The molecule has 0 saturated heterocycles. The van der Waals surface area contributed by atoms with Crippen LogP contribution in [0, 0.1) is 0 Å². The van der Waals surface area contributed by atoms with Crippen LogP contribution in [0.5, 0.6) is 0 Å². The fourth-order valence-electron chi connectivity index (χ4n) is 2.89. The van der Waals surface area contributed by atoms with Crippen molar-refractivity contribution in [3.8, 4) is 0 Å². The van der Waals surface area contributed by atoms with Crippen molar-refractivity contribution in [2.45, 2.75) is 51.4 Å². The van der Waals surface area contributed by atoms with Gasteiger partial charge in [0.25, 0.3) is 0 Å². The molecule has 0 bridgehead atoms. The SMILES string of the molecule is NCCCCN.NCCCN(CCCN)CCCCN(CCCN)CCCN. The van der Waals surface area contributed by atoms with Gasteiger partial charge in [-0.15, -0.1) is 0 Å². The molecule has 8 nitrogen and oxygen atoms in total. The maximum absolute atomic E-state index is 5.61. The van der Waals surface area contributed by atoms with Crippen LogP contribution in [0.3, 0.4) is 0 Å². The van der Waals surface area contributed by atoms with Crippen LogP contribution >= 0.6 is 0 Å². The quantitative estimate of drug-likeness (QED) is 0.147. The molecule has 172 valence electrons. The third-order valence-corrected chi connectivity index (χ3v) is 4.57. The molecule has 0 atom stereocenters. The van der Waals surface area contributed by atoms with Gasteiger partial charge in [-0.1, -0.05) is 0 Å². The maximum Gasteiger partial charge on any atom is -0.000671 e. The van der Waals surface area contributed by atoms with Crippen molar-refractivity contribution in [3.63, 3.8) is 0 Å². The monoisotopic (exact) mass is 404 g/mol. The van der Waals surface area contributed by atoms with Crippen LogP contribution in [0.25, 0.3) is 0 Å². The first-order valence-electron chi connectivity index (χ1n) is 11.3. The summed E-state index contributed by atoms with van der Waals surface area (Å²) in [4.78, 5) is 5.01. The van der Waals surface area contributed by atoms with Gasteiger partial charge in [0, 0.05) is 0 Å². The molecule has 0 aliphatic carbocycles. The van der Waals surface area contributed by atoms with Crippen LogP contribution in [0.2, 0.25) is 0 Å². The van der Waals surface area contributed by atoms with E-state index in [4.69, 9.17) is 34.4 Å². The highest BCUT2D eigenvalue weighted by atomic mass is 15.1. The second kappa shape index (κ2) is 26.7. The van der Waals surface area contributed by atoms with E-state index in [1.54, 1.807) is 0 Å². The lowest BCUT2D eigenvalue weighted by atomic mass is 10.2. The topological polar surface area (TPSA) is 163 Å². The van der Waals surface area contributed by atoms with Crippen LogP contribution in [-0.2, 0) is 0 Å². The van der Waals surface area contributed by atoms with E-state index in [-0.39, 0.29) is 0 Å². The molecule has 0 fully saturated rings. The molecule has 0 saturated carbocycles. The third-order valence-electron chi connectivity index (χ3n) is 4.57. The smallest absolute Gasteiger partial charge is 0.000671 e. The minimum absolute atomic E-state index is 0.769. The van der Waals surface area contributed by atoms with Gasteiger partial charge in [-0.2, -0.15) is 0 Å². The van der Waals surface area contributed by atoms with Gasteiger partial charge in [-0.25, -0.2) is 0 Å². The van der Waals surface area contributed by atoms with Gasteiger partial charge in [-0.05, 0) is 130 Å². The number of hydrogen-bond donors (Lipinski definition) is 6. The van der Waals surface area contributed by atoms with Crippen LogP contribution in [-0.4, -0.2) is 88.3 Å². The highest BCUT2D eigenvalue weighted by Crippen LogP contribution is 2.02. The summed E-state index contributed by atoms with van der Waals surface area (Å²) in [5.41, 5.74) is 32.8. The summed E-state index contributed by atoms with van der Waals surface area (Å²) in [6.07, 6.45) is 8.89. The summed E-state index contributed by atoms with van der Waals surface area (Å²) >= 11 is 0. The molecule has 0 unspecified atom stereocenters. The van der Waals surface area contributed by atoms with E-state index in [1.807, 2.05) is 0 Å².